The minimum absolute atomic E-state index is 0.0563. The summed E-state index contributed by atoms with van der Waals surface area (Å²) in [4.78, 5) is 37.4. The van der Waals surface area contributed by atoms with E-state index in [0.29, 0.717) is 11.4 Å². The van der Waals surface area contributed by atoms with Crippen LogP contribution in [0.1, 0.15) is 65.7 Å². The highest BCUT2D eigenvalue weighted by Crippen LogP contribution is 2.26. The Bertz CT molecular complexity index is 1930. The van der Waals surface area contributed by atoms with E-state index in [1.54, 1.807) is 20.0 Å². The van der Waals surface area contributed by atoms with Crippen molar-refractivity contribution in [1.29, 1.82) is 0 Å². The number of amides is 1. The first-order chi connectivity index (χ1) is 24.9. The first-order valence-electron chi connectivity index (χ1n) is 16.7. The molecule has 2 aromatic heterocycles. The predicted molar refractivity (Wildman–Crippen MR) is 187 cm³/mol. The van der Waals surface area contributed by atoms with Crippen LogP contribution in [0.25, 0.3) is 5.69 Å². The first-order valence-corrected chi connectivity index (χ1v) is 18.2. The summed E-state index contributed by atoms with van der Waals surface area (Å²) < 4.78 is 42.3. The molecule has 1 atom stereocenters. The van der Waals surface area contributed by atoms with Gasteiger partial charge in [-0.05, 0) is 61.2 Å². The second-order valence-corrected chi connectivity index (χ2v) is 14.1. The van der Waals surface area contributed by atoms with E-state index in [2.05, 4.69) is 32.9 Å². The molecular weight excluding hydrogens is 696 g/mol. The van der Waals surface area contributed by atoms with Crippen molar-refractivity contribution in [2.75, 3.05) is 33.5 Å². The number of aromatic nitrogens is 6. The highest BCUT2D eigenvalue weighted by atomic mass is 32.2. The maximum Gasteiger partial charge on any atom is 0.335 e. The summed E-state index contributed by atoms with van der Waals surface area (Å²) in [6, 6.07) is 8.84. The van der Waals surface area contributed by atoms with Crippen molar-refractivity contribution < 1.29 is 42.5 Å². The van der Waals surface area contributed by atoms with Gasteiger partial charge in [0.2, 0.25) is 10.0 Å². The highest BCUT2D eigenvalue weighted by Gasteiger charge is 2.38. The van der Waals surface area contributed by atoms with E-state index in [1.165, 1.54) is 65.1 Å². The van der Waals surface area contributed by atoms with E-state index >= 15 is 0 Å². The number of aromatic carboxylic acids is 1. The van der Waals surface area contributed by atoms with E-state index in [0.717, 1.165) is 29.3 Å². The Morgan fingerprint density at radius 1 is 0.981 bits per heavy atom. The van der Waals surface area contributed by atoms with Crippen molar-refractivity contribution in [2.24, 2.45) is 5.92 Å². The van der Waals surface area contributed by atoms with Gasteiger partial charge in [-0.25, -0.2) is 22.6 Å². The van der Waals surface area contributed by atoms with Crippen LogP contribution < -0.4 is 10.1 Å². The molecular formula is C34H44N8O9S. The lowest BCUT2D eigenvalue weighted by Gasteiger charge is -2.31. The Labute approximate surface area is 301 Å². The van der Waals surface area contributed by atoms with E-state index in [-0.39, 0.29) is 54.6 Å². The molecule has 1 amide bonds. The van der Waals surface area contributed by atoms with E-state index in [1.807, 2.05) is 0 Å². The molecule has 280 valence electrons. The average molecular weight is 741 g/mol. The third-order valence-corrected chi connectivity index (χ3v) is 9.85. The number of methoxy groups -OCH3 is 1. The fourth-order valence-electron chi connectivity index (χ4n) is 5.35. The standard InChI is InChI=1S/C34H44N8O9S/c1-5-6-7-26-20-41(39-36-26)28-17-24(16-25(18-28)34(46)47)33(45)35-12-14-51-15-13-40-19-27(37-38-40)21-42(32(23(2)3)31(44)22-43)52(48,49)30-10-8-29(50-4)9-11-30/h8-11,16-20,23,32,43H,5-7,12-15,21-22H2,1-4H3,(H,35,45)(H,46,47). The van der Waals surface area contributed by atoms with Crippen LogP contribution in [0.2, 0.25) is 0 Å². The van der Waals surface area contributed by atoms with Crippen LogP contribution in [0.3, 0.4) is 0 Å². The van der Waals surface area contributed by atoms with Crippen molar-refractivity contribution in [3.63, 3.8) is 0 Å². The number of nitrogens with one attached hydrogen (secondary N) is 1. The number of aliphatic hydroxyl groups is 1. The van der Waals surface area contributed by atoms with Crippen LogP contribution in [0.4, 0.5) is 0 Å². The quantitative estimate of drug-likeness (QED) is 0.104. The molecule has 2 heterocycles. The number of carboxylic acids is 1. The number of benzene rings is 2. The Morgan fingerprint density at radius 3 is 2.35 bits per heavy atom. The van der Waals surface area contributed by atoms with E-state index < -0.39 is 46.2 Å². The fourth-order valence-corrected chi connectivity index (χ4v) is 7.06. The number of nitrogens with zero attached hydrogens (tertiary/aromatic N) is 7. The van der Waals surface area contributed by atoms with Crippen LogP contribution in [0.15, 0.2) is 59.8 Å². The van der Waals surface area contributed by atoms with Gasteiger partial charge in [0.05, 0.1) is 73.2 Å². The molecule has 0 fully saturated rings. The van der Waals surface area contributed by atoms with E-state index in [9.17, 15) is 33.0 Å². The predicted octanol–water partition coefficient (Wildman–Crippen LogP) is 2.13. The van der Waals surface area contributed by atoms with Gasteiger partial charge in [-0.15, -0.1) is 10.2 Å². The Hall–Kier alpha value is -5.04. The minimum Gasteiger partial charge on any atom is -0.497 e. The summed E-state index contributed by atoms with van der Waals surface area (Å²) in [6.07, 6.45) is 5.92. The number of carboxylic acid groups (broad SMARTS) is 1. The normalized spacial score (nSPS) is 12.3. The number of carbonyl (C=O) groups excluding carboxylic acids is 2. The zero-order valence-electron chi connectivity index (χ0n) is 29.5. The van der Waals surface area contributed by atoms with Crippen LogP contribution in [0, 0.1) is 5.92 Å². The molecule has 17 nitrogen and oxygen atoms in total. The number of sulfonamides is 1. The number of unbranched alkanes of at least 4 members (excludes halogenated alkanes) is 1. The number of carbonyl (C=O) groups is 3. The summed E-state index contributed by atoms with van der Waals surface area (Å²) in [5, 5.41) is 38.3. The number of hydrogen-bond acceptors (Lipinski definition) is 12. The summed E-state index contributed by atoms with van der Waals surface area (Å²) in [5.74, 6) is -2.33. The molecule has 4 rings (SSSR count). The Kier molecular flexibility index (Phi) is 14.1. The second-order valence-electron chi connectivity index (χ2n) is 12.2. The van der Waals surface area contributed by atoms with Crippen molar-refractivity contribution in [3.8, 4) is 11.4 Å². The van der Waals surface area contributed by atoms with Crippen LogP contribution >= 0.6 is 0 Å². The number of hydrogen-bond donors (Lipinski definition) is 3. The minimum atomic E-state index is -4.22. The number of Topliss-reactive ketones (excluding diaryl/α,β-unsaturated/α-hetero) is 1. The molecule has 0 bridgehead atoms. The van der Waals surface area contributed by atoms with Crippen LogP contribution in [0.5, 0.6) is 5.75 Å². The molecule has 0 saturated heterocycles. The summed E-state index contributed by atoms with van der Waals surface area (Å²) in [7, 11) is -2.76. The van der Waals surface area contributed by atoms with Crippen molar-refractivity contribution in [2.45, 2.75) is 64.1 Å². The number of ether oxygens (including phenoxy) is 2. The molecule has 2 aromatic carbocycles. The van der Waals surface area contributed by atoms with Gasteiger partial charge in [-0.1, -0.05) is 37.6 Å². The number of ketones is 1. The Balaban J connectivity index is 1.34. The fraction of sp³-hybridized carbons (Fsp3) is 0.441. The topological polar surface area (TPSA) is 221 Å². The SMILES string of the molecule is CCCCc1cn(-c2cc(C(=O)O)cc(C(=O)NCCOCCn3cc(CN(C(C(=O)CO)C(C)C)S(=O)(=O)c4ccc(OC)cc4)nn3)c2)nn1. The summed E-state index contributed by atoms with van der Waals surface area (Å²) in [5.41, 5.74) is 1.50. The molecule has 0 aliphatic carbocycles. The molecule has 18 heteroatoms. The third kappa shape index (κ3) is 10.3. The van der Waals surface area contributed by atoms with Crippen molar-refractivity contribution in [3.05, 3.63) is 77.4 Å². The lowest BCUT2D eigenvalue weighted by molar-refractivity contribution is -0.127. The van der Waals surface area contributed by atoms with Gasteiger partial charge in [0, 0.05) is 18.3 Å². The number of rotatable bonds is 21. The van der Waals surface area contributed by atoms with Crippen LogP contribution in [-0.4, -0.2) is 110 Å². The Morgan fingerprint density at radius 2 is 1.69 bits per heavy atom. The summed E-state index contributed by atoms with van der Waals surface area (Å²) >= 11 is 0. The lowest BCUT2D eigenvalue weighted by Crippen LogP contribution is -2.48. The van der Waals surface area contributed by atoms with Gasteiger partial charge in [-0.3, -0.25) is 9.59 Å². The van der Waals surface area contributed by atoms with Gasteiger partial charge in [0.1, 0.15) is 12.4 Å². The van der Waals surface area contributed by atoms with E-state index in [4.69, 9.17) is 9.47 Å². The zero-order valence-corrected chi connectivity index (χ0v) is 30.3. The molecule has 1 unspecified atom stereocenters. The largest absolute Gasteiger partial charge is 0.497 e. The molecule has 0 radical (unpaired) electrons. The number of aryl methyl sites for hydroxylation is 1. The molecule has 0 aliphatic rings. The molecule has 3 N–H and O–H groups in total. The van der Waals surface area contributed by atoms with Gasteiger partial charge in [-0.2, -0.15) is 4.31 Å². The van der Waals surface area contributed by atoms with Gasteiger partial charge >= 0.3 is 5.97 Å². The molecule has 0 spiro atoms. The zero-order chi connectivity index (χ0) is 37.8. The maximum absolute atomic E-state index is 13.8. The smallest absolute Gasteiger partial charge is 0.335 e. The third-order valence-electron chi connectivity index (χ3n) is 8.01. The van der Waals surface area contributed by atoms with Gasteiger partial charge in [0.15, 0.2) is 5.78 Å². The highest BCUT2D eigenvalue weighted by molar-refractivity contribution is 7.89. The molecule has 0 saturated carbocycles. The summed E-state index contributed by atoms with van der Waals surface area (Å²) in [6.45, 7) is 5.03. The van der Waals surface area contributed by atoms with Crippen LogP contribution in [-0.2, 0) is 39.1 Å². The number of aliphatic hydroxyl groups excluding tert-OH is 1. The first kappa shape index (κ1) is 39.7. The maximum atomic E-state index is 13.8. The monoisotopic (exact) mass is 740 g/mol. The average Bonchev–Trinajstić information content (AvgIpc) is 3.81. The van der Waals surface area contributed by atoms with Gasteiger partial charge < -0.3 is 25.0 Å². The van der Waals surface area contributed by atoms with Gasteiger partial charge in [0.25, 0.3) is 5.91 Å². The lowest BCUT2D eigenvalue weighted by atomic mass is 10.00. The molecule has 4 aromatic rings. The second kappa shape index (κ2) is 18.5. The molecule has 0 aliphatic heterocycles. The van der Waals surface area contributed by atoms with Crippen molar-refractivity contribution in [1.82, 2.24) is 39.6 Å². The molecule has 52 heavy (non-hydrogen) atoms. The van der Waals surface area contributed by atoms with Crippen molar-refractivity contribution >= 4 is 27.7 Å².